The van der Waals surface area contributed by atoms with Gasteiger partial charge in [-0.1, -0.05) is 6.07 Å². The van der Waals surface area contributed by atoms with Gasteiger partial charge in [-0.2, -0.15) is 5.10 Å². The van der Waals surface area contributed by atoms with Crippen molar-refractivity contribution in [2.45, 2.75) is 31.2 Å². The third kappa shape index (κ3) is 1.72. The first kappa shape index (κ1) is 8.85. The molecule has 0 bridgehead atoms. The fourth-order valence-electron chi connectivity index (χ4n) is 1.81. The minimum atomic E-state index is 0.136. The molecule has 15 heavy (non-hydrogen) atoms. The van der Waals surface area contributed by atoms with E-state index in [1.54, 1.807) is 6.33 Å². The van der Waals surface area contributed by atoms with Crippen LogP contribution in [0.1, 0.15) is 24.8 Å². The highest BCUT2D eigenvalue weighted by Crippen LogP contribution is 2.36. The van der Waals surface area contributed by atoms with Gasteiger partial charge < -0.3 is 5.73 Å². The lowest BCUT2D eigenvalue weighted by molar-refractivity contribution is 0.607. The molecule has 0 unspecified atom stereocenters. The molecular formula is C11H14N4. The molecule has 0 spiro atoms. The molecule has 1 aliphatic carbocycles. The number of rotatable bonds is 3. The van der Waals surface area contributed by atoms with Gasteiger partial charge in [0.25, 0.3) is 0 Å². The Hall–Kier alpha value is -1.42. The van der Waals surface area contributed by atoms with Gasteiger partial charge in [-0.25, -0.2) is 9.50 Å². The standard InChI is InChI=1S/C11H14N4/c12-11(5-6-11)4-3-9-1-2-10-13-8-14-15(10)7-9/h1-2,7-8H,3-6,12H2. The molecule has 4 heteroatoms. The van der Waals surface area contributed by atoms with E-state index in [0.717, 1.165) is 18.5 Å². The number of fused-ring (bicyclic) bond motifs is 1. The Morgan fingerprint density at radius 1 is 1.40 bits per heavy atom. The van der Waals surface area contributed by atoms with Gasteiger partial charge in [0.1, 0.15) is 6.33 Å². The summed E-state index contributed by atoms with van der Waals surface area (Å²) < 4.78 is 1.81. The Kier molecular flexibility index (Phi) is 1.79. The predicted molar refractivity (Wildman–Crippen MR) is 57.5 cm³/mol. The van der Waals surface area contributed by atoms with Crippen molar-refractivity contribution >= 4 is 5.65 Å². The quantitative estimate of drug-likeness (QED) is 0.812. The molecule has 0 atom stereocenters. The highest BCUT2D eigenvalue weighted by Gasteiger charge is 2.37. The molecule has 1 aliphatic rings. The fourth-order valence-corrected chi connectivity index (χ4v) is 1.81. The molecule has 0 aliphatic heterocycles. The maximum Gasteiger partial charge on any atom is 0.155 e. The van der Waals surface area contributed by atoms with E-state index >= 15 is 0 Å². The second-order valence-corrected chi connectivity index (χ2v) is 4.46. The number of nitrogens with zero attached hydrogens (tertiary/aromatic N) is 3. The van der Waals surface area contributed by atoms with Crippen LogP contribution in [-0.4, -0.2) is 20.1 Å². The lowest BCUT2D eigenvalue weighted by atomic mass is 10.1. The summed E-state index contributed by atoms with van der Waals surface area (Å²) in [5, 5.41) is 4.11. The highest BCUT2D eigenvalue weighted by molar-refractivity contribution is 5.37. The molecule has 4 nitrogen and oxygen atoms in total. The Morgan fingerprint density at radius 3 is 3.07 bits per heavy atom. The predicted octanol–water partition coefficient (Wildman–Crippen LogP) is 1.15. The number of pyridine rings is 1. The van der Waals surface area contributed by atoms with E-state index < -0.39 is 0 Å². The van der Waals surface area contributed by atoms with Crippen molar-refractivity contribution in [1.29, 1.82) is 0 Å². The molecular weight excluding hydrogens is 188 g/mol. The van der Waals surface area contributed by atoms with Gasteiger partial charge >= 0.3 is 0 Å². The van der Waals surface area contributed by atoms with Crippen molar-refractivity contribution in [3.63, 3.8) is 0 Å². The van der Waals surface area contributed by atoms with Crippen LogP contribution in [0.2, 0.25) is 0 Å². The summed E-state index contributed by atoms with van der Waals surface area (Å²) in [5.41, 5.74) is 8.37. The Bertz CT molecular complexity index is 484. The van der Waals surface area contributed by atoms with Gasteiger partial charge in [-0.3, -0.25) is 0 Å². The van der Waals surface area contributed by atoms with Gasteiger partial charge in [0, 0.05) is 11.7 Å². The van der Waals surface area contributed by atoms with Crippen LogP contribution in [0.4, 0.5) is 0 Å². The fraction of sp³-hybridized carbons (Fsp3) is 0.455. The van der Waals surface area contributed by atoms with E-state index in [-0.39, 0.29) is 5.54 Å². The molecule has 1 saturated carbocycles. The number of hydrogen-bond acceptors (Lipinski definition) is 3. The molecule has 0 aromatic carbocycles. The Balaban J connectivity index is 1.78. The SMILES string of the molecule is NC1(CCc2ccc3ncnn3c2)CC1. The summed E-state index contributed by atoms with van der Waals surface area (Å²) in [6.45, 7) is 0. The number of aromatic nitrogens is 3. The van der Waals surface area contributed by atoms with E-state index in [4.69, 9.17) is 5.73 Å². The Morgan fingerprint density at radius 2 is 2.27 bits per heavy atom. The maximum absolute atomic E-state index is 6.05. The van der Waals surface area contributed by atoms with Crippen LogP contribution in [-0.2, 0) is 6.42 Å². The van der Waals surface area contributed by atoms with Crippen molar-refractivity contribution in [3.8, 4) is 0 Å². The molecule has 2 aromatic rings. The summed E-state index contributed by atoms with van der Waals surface area (Å²) in [5.74, 6) is 0. The topological polar surface area (TPSA) is 56.2 Å². The van der Waals surface area contributed by atoms with Crippen LogP contribution in [0.5, 0.6) is 0 Å². The van der Waals surface area contributed by atoms with Crippen LogP contribution < -0.4 is 5.73 Å². The third-order valence-electron chi connectivity index (χ3n) is 3.14. The minimum Gasteiger partial charge on any atom is -0.325 e. The maximum atomic E-state index is 6.05. The zero-order chi connectivity index (χ0) is 10.3. The van der Waals surface area contributed by atoms with Crippen LogP contribution in [0.15, 0.2) is 24.7 Å². The molecule has 2 aromatic heterocycles. The third-order valence-corrected chi connectivity index (χ3v) is 3.14. The molecule has 2 heterocycles. The average molecular weight is 202 g/mol. The normalized spacial score (nSPS) is 18.2. The van der Waals surface area contributed by atoms with Crippen LogP contribution in [0.25, 0.3) is 5.65 Å². The van der Waals surface area contributed by atoms with E-state index in [0.29, 0.717) is 0 Å². The summed E-state index contributed by atoms with van der Waals surface area (Å²) in [4.78, 5) is 4.11. The zero-order valence-corrected chi connectivity index (χ0v) is 8.56. The van der Waals surface area contributed by atoms with Crippen molar-refractivity contribution in [3.05, 3.63) is 30.2 Å². The van der Waals surface area contributed by atoms with Crippen molar-refractivity contribution in [2.75, 3.05) is 0 Å². The Labute approximate surface area is 88.1 Å². The number of aryl methyl sites for hydroxylation is 1. The van der Waals surface area contributed by atoms with Crippen molar-refractivity contribution in [1.82, 2.24) is 14.6 Å². The van der Waals surface area contributed by atoms with Crippen LogP contribution in [0.3, 0.4) is 0 Å². The summed E-state index contributed by atoms with van der Waals surface area (Å²) >= 11 is 0. The van der Waals surface area contributed by atoms with Crippen molar-refractivity contribution in [2.24, 2.45) is 5.73 Å². The molecule has 0 saturated heterocycles. The second kappa shape index (κ2) is 3.03. The van der Waals surface area contributed by atoms with E-state index in [9.17, 15) is 0 Å². The van der Waals surface area contributed by atoms with E-state index in [1.807, 2.05) is 16.8 Å². The van der Waals surface area contributed by atoms with Gasteiger partial charge in [-0.15, -0.1) is 0 Å². The van der Waals surface area contributed by atoms with Gasteiger partial charge in [0.2, 0.25) is 0 Å². The highest BCUT2D eigenvalue weighted by atomic mass is 15.3. The molecule has 2 N–H and O–H groups in total. The smallest absolute Gasteiger partial charge is 0.155 e. The molecule has 78 valence electrons. The molecule has 3 rings (SSSR count). The first-order valence-corrected chi connectivity index (χ1v) is 5.32. The number of nitrogens with two attached hydrogens (primary N) is 1. The molecule has 0 radical (unpaired) electrons. The number of hydrogen-bond donors (Lipinski definition) is 1. The molecule has 0 amide bonds. The zero-order valence-electron chi connectivity index (χ0n) is 8.56. The minimum absolute atomic E-state index is 0.136. The largest absolute Gasteiger partial charge is 0.325 e. The summed E-state index contributed by atoms with van der Waals surface area (Å²) in [6.07, 6.45) is 8.08. The lowest BCUT2D eigenvalue weighted by Gasteiger charge is -2.07. The van der Waals surface area contributed by atoms with E-state index in [2.05, 4.69) is 16.1 Å². The second-order valence-electron chi connectivity index (χ2n) is 4.46. The first-order chi connectivity index (χ1) is 7.25. The monoisotopic (exact) mass is 202 g/mol. The van der Waals surface area contributed by atoms with Crippen LogP contribution in [0, 0.1) is 0 Å². The van der Waals surface area contributed by atoms with Crippen molar-refractivity contribution < 1.29 is 0 Å². The molecule has 1 fully saturated rings. The van der Waals surface area contributed by atoms with Gasteiger partial charge in [0.05, 0.1) is 0 Å². The van der Waals surface area contributed by atoms with Crippen LogP contribution >= 0.6 is 0 Å². The first-order valence-electron chi connectivity index (χ1n) is 5.32. The lowest BCUT2D eigenvalue weighted by Crippen LogP contribution is -2.22. The van der Waals surface area contributed by atoms with Gasteiger partial charge in [-0.05, 0) is 37.3 Å². The van der Waals surface area contributed by atoms with Gasteiger partial charge in [0.15, 0.2) is 5.65 Å². The van der Waals surface area contributed by atoms with E-state index in [1.165, 1.54) is 18.4 Å². The average Bonchev–Trinajstić information content (AvgIpc) is 2.80. The summed E-state index contributed by atoms with van der Waals surface area (Å²) in [6, 6.07) is 4.11. The summed E-state index contributed by atoms with van der Waals surface area (Å²) in [7, 11) is 0.